The van der Waals surface area contributed by atoms with Crippen LogP contribution in [0.2, 0.25) is 0 Å². The van der Waals surface area contributed by atoms with Gasteiger partial charge in [-0.05, 0) is 30.4 Å². The van der Waals surface area contributed by atoms with Crippen LogP contribution in [0.3, 0.4) is 0 Å². The molecule has 0 fully saturated rings. The highest BCUT2D eigenvalue weighted by atomic mass is 32.1. The van der Waals surface area contributed by atoms with Crippen LogP contribution in [-0.2, 0) is 22.5 Å². The zero-order valence-electron chi connectivity index (χ0n) is 13.9. The third-order valence-electron chi connectivity index (χ3n) is 3.70. The van der Waals surface area contributed by atoms with Gasteiger partial charge >= 0.3 is 0 Å². The van der Waals surface area contributed by atoms with Gasteiger partial charge in [0, 0.05) is 44.6 Å². The van der Waals surface area contributed by atoms with Crippen molar-refractivity contribution in [1.29, 1.82) is 0 Å². The molecule has 2 rings (SSSR count). The van der Waals surface area contributed by atoms with E-state index >= 15 is 0 Å². The first-order valence-corrected chi connectivity index (χ1v) is 8.96. The summed E-state index contributed by atoms with van der Waals surface area (Å²) in [6.07, 6.45) is 1.46. The summed E-state index contributed by atoms with van der Waals surface area (Å²) in [5.74, 6) is 0.929. The molecule has 0 bridgehead atoms. The number of nitrogens with zero attached hydrogens (tertiary/aromatic N) is 2. The van der Waals surface area contributed by atoms with Gasteiger partial charge in [0.2, 0.25) is 5.91 Å². The van der Waals surface area contributed by atoms with Gasteiger partial charge < -0.3 is 20.3 Å². The predicted molar refractivity (Wildman–Crippen MR) is 93.9 cm³/mol. The maximum atomic E-state index is 12.3. The van der Waals surface area contributed by atoms with Crippen LogP contribution < -0.4 is 10.6 Å². The van der Waals surface area contributed by atoms with Crippen LogP contribution in [0.1, 0.15) is 23.8 Å². The number of carbonyl (C=O) groups excluding carboxylic acids is 1. The number of fused-ring (bicyclic) bond motifs is 1. The first-order chi connectivity index (χ1) is 11.2. The average Bonchev–Trinajstić information content (AvgIpc) is 3.02. The molecule has 23 heavy (non-hydrogen) atoms. The molecule has 6 nitrogen and oxygen atoms in total. The summed E-state index contributed by atoms with van der Waals surface area (Å²) in [5, 5.41) is 8.48. The van der Waals surface area contributed by atoms with Crippen molar-refractivity contribution in [3.63, 3.8) is 0 Å². The minimum absolute atomic E-state index is 0.196. The van der Waals surface area contributed by atoms with Gasteiger partial charge in [-0.1, -0.05) is 0 Å². The number of hydrogen-bond donors (Lipinski definition) is 2. The van der Waals surface area contributed by atoms with Gasteiger partial charge in [-0.3, -0.25) is 9.79 Å². The molecule has 1 aromatic rings. The van der Waals surface area contributed by atoms with Crippen LogP contribution in [0.5, 0.6) is 0 Å². The van der Waals surface area contributed by atoms with Crippen molar-refractivity contribution < 1.29 is 9.53 Å². The van der Waals surface area contributed by atoms with E-state index in [4.69, 9.17) is 4.74 Å². The lowest BCUT2D eigenvalue weighted by molar-refractivity contribution is -0.131. The Morgan fingerprint density at radius 1 is 1.48 bits per heavy atom. The molecule has 7 heteroatoms. The van der Waals surface area contributed by atoms with Gasteiger partial charge in [0.05, 0.1) is 13.2 Å². The highest BCUT2D eigenvalue weighted by Crippen LogP contribution is 2.24. The lowest BCUT2D eigenvalue weighted by atomic mass is 10.1. The second-order valence-electron chi connectivity index (χ2n) is 5.36. The molecular weight excluding hydrogens is 312 g/mol. The normalized spacial score (nSPS) is 14.5. The molecule has 128 valence electrons. The van der Waals surface area contributed by atoms with Crippen molar-refractivity contribution in [2.75, 3.05) is 39.9 Å². The van der Waals surface area contributed by atoms with Crippen molar-refractivity contribution in [2.45, 2.75) is 26.3 Å². The standard InChI is InChI=1S/C16H26N4O2S/c1-3-17-16(19-8-10-22-2)18-7-4-15(21)20-9-5-14-13(12-20)6-11-23-14/h6,11H,3-5,7-10,12H2,1-2H3,(H2,17,18,19). The number of carbonyl (C=O) groups is 1. The zero-order valence-corrected chi connectivity index (χ0v) is 14.7. The minimum Gasteiger partial charge on any atom is -0.383 e. The second kappa shape index (κ2) is 9.52. The quantitative estimate of drug-likeness (QED) is 0.446. The maximum absolute atomic E-state index is 12.3. The second-order valence-corrected chi connectivity index (χ2v) is 6.37. The lowest BCUT2D eigenvalue weighted by Gasteiger charge is -2.27. The molecule has 2 N–H and O–H groups in total. The molecule has 0 spiro atoms. The minimum atomic E-state index is 0.196. The van der Waals surface area contributed by atoms with Gasteiger partial charge in [0.25, 0.3) is 0 Å². The molecule has 0 unspecified atom stereocenters. The Morgan fingerprint density at radius 3 is 3.13 bits per heavy atom. The molecule has 2 heterocycles. The van der Waals surface area contributed by atoms with E-state index in [2.05, 4.69) is 27.1 Å². The first kappa shape index (κ1) is 17.7. The largest absolute Gasteiger partial charge is 0.383 e. The summed E-state index contributed by atoms with van der Waals surface area (Å²) in [5.41, 5.74) is 1.30. The van der Waals surface area contributed by atoms with Crippen molar-refractivity contribution >= 4 is 23.2 Å². The summed E-state index contributed by atoms with van der Waals surface area (Å²) >= 11 is 1.79. The third-order valence-corrected chi connectivity index (χ3v) is 4.72. The Labute approximate surface area is 141 Å². The molecule has 0 aromatic carbocycles. The molecule has 1 aromatic heterocycles. The highest BCUT2D eigenvalue weighted by Gasteiger charge is 2.20. The average molecular weight is 338 g/mol. The van der Waals surface area contributed by atoms with E-state index in [0.717, 1.165) is 32.0 Å². The summed E-state index contributed by atoms with van der Waals surface area (Å²) in [6, 6.07) is 2.13. The fraction of sp³-hybridized carbons (Fsp3) is 0.625. The number of nitrogens with one attached hydrogen (secondary N) is 2. The van der Waals surface area contributed by atoms with E-state index in [1.54, 1.807) is 18.4 Å². The predicted octanol–water partition coefficient (Wildman–Crippen LogP) is 1.22. The Morgan fingerprint density at radius 2 is 2.35 bits per heavy atom. The Hall–Kier alpha value is -1.60. The Bertz CT molecular complexity index is 530. The van der Waals surface area contributed by atoms with Gasteiger partial charge in [0.1, 0.15) is 0 Å². The van der Waals surface area contributed by atoms with Crippen LogP contribution in [-0.4, -0.2) is 56.7 Å². The molecule has 0 radical (unpaired) electrons. The summed E-state index contributed by atoms with van der Waals surface area (Å²) in [6.45, 7) is 6.17. The number of thiophene rings is 1. The number of ether oxygens (including phenoxy) is 1. The van der Waals surface area contributed by atoms with Crippen LogP contribution in [0, 0.1) is 0 Å². The van der Waals surface area contributed by atoms with Crippen molar-refractivity contribution in [1.82, 2.24) is 15.5 Å². The van der Waals surface area contributed by atoms with E-state index < -0.39 is 0 Å². The lowest BCUT2D eigenvalue weighted by Crippen LogP contribution is -2.41. The molecule has 0 saturated carbocycles. The fourth-order valence-corrected chi connectivity index (χ4v) is 3.39. The maximum Gasteiger partial charge on any atom is 0.224 e. The van der Waals surface area contributed by atoms with E-state index in [-0.39, 0.29) is 5.91 Å². The number of hydrogen-bond acceptors (Lipinski definition) is 4. The number of methoxy groups -OCH3 is 1. The van der Waals surface area contributed by atoms with E-state index in [1.165, 1.54) is 10.4 Å². The van der Waals surface area contributed by atoms with Crippen LogP contribution in [0.25, 0.3) is 0 Å². The number of amides is 1. The van der Waals surface area contributed by atoms with E-state index in [9.17, 15) is 4.79 Å². The number of aliphatic imine (C=N–C) groups is 1. The third kappa shape index (κ3) is 5.51. The molecular formula is C16H26N4O2S. The van der Waals surface area contributed by atoms with Crippen LogP contribution >= 0.6 is 11.3 Å². The Balaban J connectivity index is 1.74. The Kier molecular flexibility index (Phi) is 7.35. The topological polar surface area (TPSA) is 66.0 Å². The summed E-state index contributed by atoms with van der Waals surface area (Å²) < 4.78 is 4.99. The van der Waals surface area contributed by atoms with E-state index in [1.807, 2.05) is 11.8 Å². The first-order valence-electron chi connectivity index (χ1n) is 8.08. The molecule has 1 aliphatic rings. The molecule has 1 aliphatic heterocycles. The molecule has 0 aliphatic carbocycles. The van der Waals surface area contributed by atoms with Gasteiger partial charge in [-0.15, -0.1) is 11.3 Å². The summed E-state index contributed by atoms with van der Waals surface area (Å²) in [4.78, 5) is 20.1. The van der Waals surface area contributed by atoms with Gasteiger partial charge in [0.15, 0.2) is 5.96 Å². The fourth-order valence-electron chi connectivity index (χ4n) is 2.50. The number of rotatable bonds is 7. The number of guanidine groups is 1. The van der Waals surface area contributed by atoms with Gasteiger partial charge in [-0.25, -0.2) is 0 Å². The van der Waals surface area contributed by atoms with Crippen LogP contribution in [0.15, 0.2) is 16.4 Å². The molecule has 1 amide bonds. The van der Waals surface area contributed by atoms with Gasteiger partial charge in [-0.2, -0.15) is 0 Å². The van der Waals surface area contributed by atoms with Crippen molar-refractivity contribution in [2.24, 2.45) is 4.99 Å². The molecule has 0 atom stereocenters. The molecule has 0 saturated heterocycles. The smallest absolute Gasteiger partial charge is 0.224 e. The van der Waals surface area contributed by atoms with Crippen molar-refractivity contribution in [3.05, 3.63) is 21.9 Å². The van der Waals surface area contributed by atoms with Crippen LogP contribution in [0.4, 0.5) is 0 Å². The van der Waals surface area contributed by atoms with E-state index in [0.29, 0.717) is 26.1 Å². The van der Waals surface area contributed by atoms with Crippen molar-refractivity contribution in [3.8, 4) is 0 Å². The monoisotopic (exact) mass is 338 g/mol. The highest BCUT2D eigenvalue weighted by molar-refractivity contribution is 7.10. The summed E-state index contributed by atoms with van der Waals surface area (Å²) in [7, 11) is 1.66. The zero-order chi connectivity index (χ0) is 16.5. The SMILES string of the molecule is CCNC(=NCCOC)NCCC(=O)N1CCc2sccc2C1.